The molecule has 0 N–H and O–H groups in total. The zero-order chi connectivity index (χ0) is 11.7. The molecule has 0 radical (unpaired) electrons. The Kier molecular flexibility index (Phi) is 2.56. The van der Waals surface area contributed by atoms with Crippen molar-refractivity contribution < 1.29 is 0 Å². The van der Waals surface area contributed by atoms with E-state index in [4.69, 9.17) is 0 Å². The van der Waals surface area contributed by atoms with Crippen LogP contribution in [0.25, 0.3) is 5.57 Å². The molecule has 0 heterocycles. The first kappa shape index (κ1) is 10.3. The summed E-state index contributed by atoms with van der Waals surface area (Å²) in [5, 5.41) is 0. The minimum Gasteiger partial charge on any atom is -0.0792 e. The molecule has 3 rings (SSSR count). The minimum absolute atomic E-state index is 1.14. The Morgan fingerprint density at radius 3 is 1.71 bits per heavy atom. The largest absolute Gasteiger partial charge is 0.0792 e. The van der Waals surface area contributed by atoms with Crippen LogP contribution in [0.1, 0.15) is 29.2 Å². The van der Waals surface area contributed by atoms with Crippen LogP contribution in [-0.2, 0) is 12.8 Å². The second-order valence-electron chi connectivity index (χ2n) is 4.52. The fraction of sp³-hybridized carbons (Fsp3) is 0.176. The standard InChI is InChI=1S/C17H16/c1-2-15-16-9-5-3-7-13(16)11-12-14-8-4-6-10-17(14)15/h2-10H,11-12H2,1H3. The number of rotatable bonds is 0. The highest BCUT2D eigenvalue weighted by molar-refractivity contribution is 5.83. The van der Waals surface area contributed by atoms with Crippen LogP contribution >= 0.6 is 0 Å². The molecule has 0 bridgehead atoms. The molecule has 2 aromatic rings. The van der Waals surface area contributed by atoms with Gasteiger partial charge >= 0.3 is 0 Å². The summed E-state index contributed by atoms with van der Waals surface area (Å²) in [6, 6.07) is 17.5. The van der Waals surface area contributed by atoms with Gasteiger partial charge in [0.1, 0.15) is 0 Å². The van der Waals surface area contributed by atoms with Crippen molar-refractivity contribution >= 4 is 5.57 Å². The zero-order valence-electron chi connectivity index (χ0n) is 10.1. The lowest BCUT2D eigenvalue weighted by Crippen LogP contribution is -1.90. The molecular weight excluding hydrogens is 204 g/mol. The SMILES string of the molecule is CC=C1c2ccccc2CCc2ccccc21. The predicted molar refractivity (Wildman–Crippen MR) is 73.0 cm³/mol. The van der Waals surface area contributed by atoms with Crippen molar-refractivity contribution in [2.45, 2.75) is 19.8 Å². The molecule has 0 spiro atoms. The number of benzene rings is 2. The smallest absolute Gasteiger partial charge is 0.0149 e. The van der Waals surface area contributed by atoms with Gasteiger partial charge in [0.2, 0.25) is 0 Å². The summed E-state index contributed by atoms with van der Waals surface area (Å²) >= 11 is 0. The molecule has 1 aliphatic rings. The normalized spacial score (nSPS) is 13.6. The van der Waals surface area contributed by atoms with E-state index in [1.807, 2.05) is 0 Å². The van der Waals surface area contributed by atoms with Gasteiger partial charge in [0, 0.05) is 0 Å². The van der Waals surface area contributed by atoms with Gasteiger partial charge < -0.3 is 0 Å². The number of hydrogen-bond acceptors (Lipinski definition) is 0. The van der Waals surface area contributed by atoms with Crippen LogP contribution in [0.15, 0.2) is 54.6 Å². The Bertz CT molecular complexity index is 527. The lowest BCUT2D eigenvalue weighted by molar-refractivity contribution is 0.965. The van der Waals surface area contributed by atoms with Crippen LogP contribution < -0.4 is 0 Å². The van der Waals surface area contributed by atoms with Gasteiger partial charge in [-0.05, 0) is 47.6 Å². The molecule has 0 aliphatic heterocycles. The third-order valence-corrected chi connectivity index (χ3v) is 3.57. The number of allylic oxidation sites excluding steroid dienone is 1. The molecule has 0 heteroatoms. The molecule has 17 heavy (non-hydrogen) atoms. The van der Waals surface area contributed by atoms with Crippen LogP contribution in [0, 0.1) is 0 Å². The Morgan fingerprint density at radius 2 is 1.24 bits per heavy atom. The van der Waals surface area contributed by atoms with E-state index in [1.54, 1.807) is 0 Å². The lowest BCUT2D eigenvalue weighted by Gasteiger charge is -2.10. The van der Waals surface area contributed by atoms with Crippen molar-refractivity contribution in [3.63, 3.8) is 0 Å². The van der Waals surface area contributed by atoms with Crippen molar-refractivity contribution in [2.75, 3.05) is 0 Å². The lowest BCUT2D eigenvalue weighted by atomic mass is 9.94. The second-order valence-corrected chi connectivity index (χ2v) is 4.52. The highest BCUT2D eigenvalue weighted by Crippen LogP contribution is 2.32. The van der Waals surface area contributed by atoms with Gasteiger partial charge in [0.25, 0.3) is 0 Å². The van der Waals surface area contributed by atoms with E-state index in [0.29, 0.717) is 0 Å². The summed E-state index contributed by atoms with van der Waals surface area (Å²) in [5.74, 6) is 0. The fourth-order valence-electron chi connectivity index (χ4n) is 2.73. The highest BCUT2D eigenvalue weighted by atomic mass is 14.2. The maximum absolute atomic E-state index is 2.25. The quantitative estimate of drug-likeness (QED) is 0.623. The van der Waals surface area contributed by atoms with Gasteiger partial charge in [-0.1, -0.05) is 54.6 Å². The van der Waals surface area contributed by atoms with Crippen LogP contribution in [0.2, 0.25) is 0 Å². The Hall–Kier alpha value is -1.82. The third kappa shape index (κ3) is 1.70. The van der Waals surface area contributed by atoms with Crippen molar-refractivity contribution in [1.82, 2.24) is 0 Å². The summed E-state index contributed by atoms with van der Waals surface area (Å²) in [6.07, 6.45) is 4.53. The average molecular weight is 220 g/mol. The maximum Gasteiger partial charge on any atom is -0.0149 e. The second kappa shape index (κ2) is 4.21. The molecule has 0 amide bonds. The van der Waals surface area contributed by atoms with E-state index in [9.17, 15) is 0 Å². The van der Waals surface area contributed by atoms with Gasteiger partial charge in [0.15, 0.2) is 0 Å². The van der Waals surface area contributed by atoms with Crippen LogP contribution in [-0.4, -0.2) is 0 Å². The Morgan fingerprint density at radius 1 is 0.765 bits per heavy atom. The van der Waals surface area contributed by atoms with Gasteiger partial charge in [-0.15, -0.1) is 0 Å². The summed E-state index contributed by atoms with van der Waals surface area (Å²) in [4.78, 5) is 0. The summed E-state index contributed by atoms with van der Waals surface area (Å²) in [7, 11) is 0. The molecule has 0 unspecified atom stereocenters. The van der Waals surface area contributed by atoms with Gasteiger partial charge in [0.05, 0.1) is 0 Å². The van der Waals surface area contributed by atoms with E-state index in [-0.39, 0.29) is 0 Å². The first-order valence-corrected chi connectivity index (χ1v) is 6.23. The van der Waals surface area contributed by atoms with Crippen LogP contribution in [0.4, 0.5) is 0 Å². The average Bonchev–Trinajstić information content (AvgIpc) is 2.55. The summed E-state index contributed by atoms with van der Waals surface area (Å²) in [6.45, 7) is 2.13. The number of aryl methyl sites for hydroxylation is 2. The van der Waals surface area contributed by atoms with Crippen LogP contribution in [0.3, 0.4) is 0 Å². The molecule has 84 valence electrons. The van der Waals surface area contributed by atoms with E-state index in [0.717, 1.165) is 12.8 Å². The molecule has 1 aliphatic carbocycles. The molecular formula is C17H16. The van der Waals surface area contributed by atoms with E-state index < -0.39 is 0 Å². The van der Waals surface area contributed by atoms with Gasteiger partial charge in [-0.3, -0.25) is 0 Å². The van der Waals surface area contributed by atoms with E-state index in [1.165, 1.54) is 27.8 Å². The Balaban J connectivity index is 2.27. The molecule has 0 fully saturated rings. The van der Waals surface area contributed by atoms with Crippen molar-refractivity contribution in [2.24, 2.45) is 0 Å². The molecule has 0 atom stereocenters. The predicted octanol–water partition coefficient (Wildman–Crippen LogP) is 4.24. The monoisotopic (exact) mass is 220 g/mol. The van der Waals surface area contributed by atoms with Gasteiger partial charge in [-0.25, -0.2) is 0 Å². The topological polar surface area (TPSA) is 0 Å². The van der Waals surface area contributed by atoms with Crippen LogP contribution in [0.5, 0.6) is 0 Å². The third-order valence-electron chi connectivity index (χ3n) is 3.57. The minimum atomic E-state index is 1.14. The summed E-state index contributed by atoms with van der Waals surface area (Å²) < 4.78 is 0. The van der Waals surface area contributed by atoms with Crippen molar-refractivity contribution in [3.8, 4) is 0 Å². The van der Waals surface area contributed by atoms with E-state index >= 15 is 0 Å². The number of hydrogen-bond donors (Lipinski definition) is 0. The molecule has 2 aromatic carbocycles. The van der Waals surface area contributed by atoms with Crippen molar-refractivity contribution in [3.05, 3.63) is 76.9 Å². The fourth-order valence-corrected chi connectivity index (χ4v) is 2.73. The maximum atomic E-state index is 2.25. The molecule has 0 aromatic heterocycles. The molecule has 0 saturated carbocycles. The van der Waals surface area contributed by atoms with Gasteiger partial charge in [-0.2, -0.15) is 0 Å². The first-order chi connectivity index (χ1) is 8.40. The highest BCUT2D eigenvalue weighted by Gasteiger charge is 2.16. The Labute approximate surface area is 103 Å². The molecule has 0 saturated heterocycles. The van der Waals surface area contributed by atoms with Crippen molar-refractivity contribution in [1.29, 1.82) is 0 Å². The number of fused-ring (bicyclic) bond motifs is 2. The molecule has 0 nitrogen and oxygen atoms in total. The zero-order valence-corrected chi connectivity index (χ0v) is 10.1. The van der Waals surface area contributed by atoms with E-state index in [2.05, 4.69) is 61.5 Å². The first-order valence-electron chi connectivity index (χ1n) is 6.23. The summed E-state index contributed by atoms with van der Waals surface area (Å²) in [5.41, 5.74) is 7.13.